The van der Waals surface area contributed by atoms with Crippen molar-refractivity contribution >= 4 is 22.3 Å². The maximum atomic E-state index is 2.48. The summed E-state index contributed by atoms with van der Waals surface area (Å²) in [5.74, 6) is 1.16. The third kappa shape index (κ3) is 4.50. The Morgan fingerprint density at radius 2 is 1.61 bits per heavy atom. The van der Waals surface area contributed by atoms with Crippen molar-refractivity contribution in [3.8, 4) is 0 Å². The molecule has 0 amide bonds. The molecule has 38 heavy (non-hydrogen) atoms. The zero-order valence-corrected chi connectivity index (χ0v) is 21.9. The van der Waals surface area contributed by atoms with Crippen LogP contribution in [0.4, 0.5) is 0 Å². The molecule has 0 heterocycles. The smallest absolute Gasteiger partial charge is 0.00617 e. The fraction of sp³-hybridized carbons (Fsp3) is 0.211. The van der Waals surface area contributed by atoms with Gasteiger partial charge in [0, 0.05) is 5.92 Å². The molecule has 2 atom stereocenters. The fourth-order valence-electron chi connectivity index (χ4n) is 6.72. The highest BCUT2D eigenvalue weighted by Crippen LogP contribution is 2.41. The molecule has 0 nitrogen and oxygen atoms in total. The molecule has 7 rings (SSSR count). The Hall–Kier alpha value is -3.90. The molecule has 2 unspecified atom stereocenters. The van der Waals surface area contributed by atoms with E-state index in [1.165, 1.54) is 69.4 Å². The SMILES string of the molecule is C1=CCC2CCc3cc(C4=CC(c5cccc(C6=CC=CC(c7ccccc7)C6)c5)=CCC4)ccc3C2=C1. The number of hydrogen-bond acceptors (Lipinski definition) is 0. The molecular weight excluding hydrogens is 456 g/mol. The maximum Gasteiger partial charge on any atom is 0.00617 e. The second-order valence-electron chi connectivity index (χ2n) is 11.1. The Morgan fingerprint density at radius 3 is 2.55 bits per heavy atom. The molecule has 4 aliphatic rings. The van der Waals surface area contributed by atoms with E-state index in [1.54, 1.807) is 5.57 Å². The molecule has 0 aliphatic heterocycles. The third-order valence-electron chi connectivity index (χ3n) is 8.80. The normalized spacial score (nSPS) is 22.0. The number of benzene rings is 3. The van der Waals surface area contributed by atoms with Gasteiger partial charge in [0.15, 0.2) is 0 Å². The Morgan fingerprint density at radius 1 is 0.711 bits per heavy atom. The van der Waals surface area contributed by atoms with Gasteiger partial charge in [0.2, 0.25) is 0 Å². The van der Waals surface area contributed by atoms with E-state index >= 15 is 0 Å². The quantitative estimate of drug-likeness (QED) is 0.341. The van der Waals surface area contributed by atoms with Gasteiger partial charge < -0.3 is 0 Å². The van der Waals surface area contributed by atoms with Crippen LogP contribution in [0.2, 0.25) is 0 Å². The Kier molecular flexibility index (Phi) is 6.18. The molecule has 0 heteroatoms. The molecule has 0 radical (unpaired) electrons. The van der Waals surface area contributed by atoms with Crippen LogP contribution in [0, 0.1) is 5.92 Å². The van der Waals surface area contributed by atoms with Gasteiger partial charge in [-0.15, -0.1) is 0 Å². The summed E-state index contributed by atoms with van der Waals surface area (Å²) in [6.07, 6.45) is 25.6. The summed E-state index contributed by atoms with van der Waals surface area (Å²) >= 11 is 0. The van der Waals surface area contributed by atoms with Gasteiger partial charge in [-0.05, 0) is 106 Å². The van der Waals surface area contributed by atoms with E-state index in [4.69, 9.17) is 0 Å². The molecule has 4 aliphatic carbocycles. The van der Waals surface area contributed by atoms with Crippen LogP contribution < -0.4 is 0 Å². The number of hydrogen-bond donors (Lipinski definition) is 0. The van der Waals surface area contributed by atoms with Crippen molar-refractivity contribution in [2.24, 2.45) is 5.92 Å². The van der Waals surface area contributed by atoms with Gasteiger partial charge in [0.05, 0.1) is 0 Å². The molecule has 0 fully saturated rings. The van der Waals surface area contributed by atoms with Gasteiger partial charge in [-0.2, -0.15) is 0 Å². The lowest BCUT2D eigenvalue weighted by molar-refractivity contribution is 0.593. The topological polar surface area (TPSA) is 0 Å². The van der Waals surface area contributed by atoms with E-state index in [1.807, 2.05) is 0 Å². The summed E-state index contributed by atoms with van der Waals surface area (Å²) in [6, 6.07) is 27.3. The molecule has 0 bridgehead atoms. The predicted octanol–water partition coefficient (Wildman–Crippen LogP) is 9.98. The summed E-state index contributed by atoms with van der Waals surface area (Å²) in [4.78, 5) is 0. The molecule has 0 saturated carbocycles. The van der Waals surface area contributed by atoms with Crippen LogP contribution in [-0.4, -0.2) is 0 Å². The van der Waals surface area contributed by atoms with Crippen LogP contribution >= 0.6 is 0 Å². The zero-order chi connectivity index (χ0) is 25.3. The van der Waals surface area contributed by atoms with Crippen LogP contribution in [-0.2, 0) is 6.42 Å². The fourth-order valence-corrected chi connectivity index (χ4v) is 6.72. The van der Waals surface area contributed by atoms with Gasteiger partial charge in [-0.1, -0.05) is 115 Å². The van der Waals surface area contributed by atoms with Crippen LogP contribution in [0.5, 0.6) is 0 Å². The summed E-state index contributed by atoms with van der Waals surface area (Å²) in [5, 5.41) is 0. The highest BCUT2D eigenvalue weighted by Gasteiger charge is 2.24. The first-order valence-corrected chi connectivity index (χ1v) is 14.3. The second kappa shape index (κ2) is 10.1. The predicted molar refractivity (Wildman–Crippen MR) is 163 cm³/mol. The van der Waals surface area contributed by atoms with Crippen molar-refractivity contribution in [3.05, 3.63) is 155 Å². The molecule has 3 aromatic rings. The van der Waals surface area contributed by atoms with Crippen LogP contribution in [0.3, 0.4) is 0 Å². The van der Waals surface area contributed by atoms with Crippen LogP contribution in [0.1, 0.15) is 71.4 Å². The summed E-state index contributed by atoms with van der Waals surface area (Å²) in [5.41, 5.74) is 14.3. The lowest BCUT2D eigenvalue weighted by Crippen LogP contribution is -2.14. The van der Waals surface area contributed by atoms with Crippen molar-refractivity contribution in [1.29, 1.82) is 0 Å². The van der Waals surface area contributed by atoms with E-state index in [-0.39, 0.29) is 0 Å². The van der Waals surface area contributed by atoms with E-state index in [0.717, 1.165) is 19.3 Å². The van der Waals surface area contributed by atoms with Crippen LogP contribution in [0.15, 0.2) is 121 Å². The van der Waals surface area contributed by atoms with Gasteiger partial charge in [-0.25, -0.2) is 0 Å². The largest absolute Gasteiger partial charge is 0.0839 e. The highest BCUT2D eigenvalue weighted by atomic mass is 14.3. The first-order chi connectivity index (χ1) is 18.8. The van der Waals surface area contributed by atoms with Crippen LogP contribution in [0.25, 0.3) is 22.3 Å². The van der Waals surface area contributed by atoms with Crippen molar-refractivity contribution in [3.63, 3.8) is 0 Å². The minimum Gasteiger partial charge on any atom is -0.0839 e. The van der Waals surface area contributed by atoms with Gasteiger partial charge >= 0.3 is 0 Å². The third-order valence-corrected chi connectivity index (χ3v) is 8.80. The van der Waals surface area contributed by atoms with Gasteiger partial charge in [0.25, 0.3) is 0 Å². The van der Waals surface area contributed by atoms with Crippen molar-refractivity contribution < 1.29 is 0 Å². The first-order valence-electron chi connectivity index (χ1n) is 14.3. The van der Waals surface area contributed by atoms with E-state index in [2.05, 4.69) is 121 Å². The molecule has 0 aromatic heterocycles. The maximum absolute atomic E-state index is 2.48. The average molecular weight is 491 g/mol. The molecule has 186 valence electrons. The molecule has 0 spiro atoms. The highest BCUT2D eigenvalue weighted by molar-refractivity contribution is 5.87. The molecular formula is C38H34. The van der Waals surface area contributed by atoms with Crippen molar-refractivity contribution in [2.75, 3.05) is 0 Å². The lowest BCUT2D eigenvalue weighted by atomic mass is 9.75. The summed E-state index contributed by atoms with van der Waals surface area (Å²) in [7, 11) is 0. The lowest BCUT2D eigenvalue weighted by Gasteiger charge is -2.29. The number of aryl methyl sites for hydroxylation is 1. The first kappa shape index (κ1) is 23.2. The number of fused-ring (bicyclic) bond motifs is 3. The molecule has 3 aromatic carbocycles. The van der Waals surface area contributed by atoms with E-state index < -0.39 is 0 Å². The molecule has 0 N–H and O–H groups in total. The Balaban J connectivity index is 1.14. The molecule has 0 saturated heterocycles. The average Bonchev–Trinajstić information content (AvgIpc) is 3.01. The van der Waals surface area contributed by atoms with Gasteiger partial charge in [0.1, 0.15) is 0 Å². The number of allylic oxidation sites excluding steroid dienone is 12. The summed E-state index contributed by atoms with van der Waals surface area (Å²) < 4.78 is 0. The second-order valence-corrected chi connectivity index (χ2v) is 11.1. The van der Waals surface area contributed by atoms with E-state index in [9.17, 15) is 0 Å². The van der Waals surface area contributed by atoms with E-state index in [0.29, 0.717) is 11.8 Å². The summed E-state index contributed by atoms with van der Waals surface area (Å²) in [6.45, 7) is 0. The Bertz CT molecular complexity index is 1550. The minimum absolute atomic E-state index is 0.444. The van der Waals surface area contributed by atoms with Gasteiger partial charge in [-0.3, -0.25) is 0 Å². The standard InChI is InChI=1S/C38H34/c1-2-9-27(10-3-1)29-12-6-13-30(23-29)31-14-7-15-32(24-31)33-16-8-17-34(25-33)35-21-22-38-36(26-35)20-19-28-11-4-5-18-37(28)38/h1-7,9-10,12-16,18,21-22,24-26,28-29H,8,11,17,19-20,23H2. The van der Waals surface area contributed by atoms with Crippen molar-refractivity contribution in [2.45, 2.75) is 44.4 Å². The van der Waals surface area contributed by atoms with Crippen molar-refractivity contribution in [1.82, 2.24) is 0 Å². The minimum atomic E-state index is 0.444. The Labute approximate surface area is 227 Å². The number of rotatable bonds is 4. The zero-order valence-electron chi connectivity index (χ0n) is 21.9. The monoisotopic (exact) mass is 490 g/mol.